The van der Waals surface area contributed by atoms with Crippen molar-refractivity contribution < 1.29 is 9.53 Å². The van der Waals surface area contributed by atoms with Gasteiger partial charge in [-0.3, -0.25) is 4.79 Å². The summed E-state index contributed by atoms with van der Waals surface area (Å²) in [5, 5.41) is 2.91. The fourth-order valence-electron chi connectivity index (χ4n) is 1.70. The van der Waals surface area contributed by atoms with Crippen LogP contribution < -0.4 is 10.1 Å². The summed E-state index contributed by atoms with van der Waals surface area (Å²) in [4.78, 5) is 12.0. The molecule has 1 aromatic carbocycles. The first-order valence-electron chi connectivity index (χ1n) is 6.35. The molecule has 1 N–H and O–H groups in total. The van der Waals surface area contributed by atoms with Gasteiger partial charge in [0, 0.05) is 10.0 Å². The van der Waals surface area contributed by atoms with Crippen LogP contribution in [0.15, 0.2) is 16.6 Å². The van der Waals surface area contributed by atoms with E-state index in [0.29, 0.717) is 0 Å². The van der Waals surface area contributed by atoms with Crippen molar-refractivity contribution in [3.05, 3.63) is 27.7 Å². The molecule has 0 fully saturated rings. The van der Waals surface area contributed by atoms with Crippen LogP contribution in [0.2, 0.25) is 0 Å². The van der Waals surface area contributed by atoms with E-state index >= 15 is 0 Å². The van der Waals surface area contributed by atoms with Gasteiger partial charge in [-0.15, -0.1) is 0 Å². The number of halogens is 1. The summed E-state index contributed by atoms with van der Waals surface area (Å²) in [6.07, 6.45) is -0.515. The summed E-state index contributed by atoms with van der Waals surface area (Å²) < 4.78 is 6.78. The van der Waals surface area contributed by atoms with Crippen LogP contribution in [0.4, 0.5) is 0 Å². The van der Waals surface area contributed by atoms with E-state index in [9.17, 15) is 4.79 Å². The smallest absolute Gasteiger partial charge is 0.261 e. The van der Waals surface area contributed by atoms with Crippen LogP contribution in [-0.2, 0) is 4.79 Å². The van der Waals surface area contributed by atoms with E-state index in [2.05, 4.69) is 21.2 Å². The SMILES string of the molecule is Cc1cc(OC(C)C(=O)NC(C)(C)C)cc(C)c1Br. The van der Waals surface area contributed by atoms with Gasteiger partial charge >= 0.3 is 0 Å². The molecule has 0 aliphatic heterocycles. The minimum Gasteiger partial charge on any atom is -0.481 e. The highest BCUT2D eigenvalue weighted by atomic mass is 79.9. The van der Waals surface area contributed by atoms with Crippen LogP contribution in [0.1, 0.15) is 38.8 Å². The normalized spacial score (nSPS) is 13.0. The molecule has 0 saturated carbocycles. The van der Waals surface area contributed by atoms with Gasteiger partial charge in [0.05, 0.1) is 0 Å². The second-order valence-corrected chi connectivity index (χ2v) is 6.66. The average Bonchev–Trinajstić information content (AvgIpc) is 2.23. The van der Waals surface area contributed by atoms with E-state index < -0.39 is 6.10 Å². The molecule has 106 valence electrons. The molecule has 1 amide bonds. The van der Waals surface area contributed by atoms with Gasteiger partial charge in [0.1, 0.15) is 5.75 Å². The summed E-state index contributed by atoms with van der Waals surface area (Å²) in [5.41, 5.74) is 1.94. The minimum absolute atomic E-state index is 0.106. The largest absolute Gasteiger partial charge is 0.481 e. The van der Waals surface area contributed by atoms with Crippen molar-refractivity contribution in [3.8, 4) is 5.75 Å². The lowest BCUT2D eigenvalue weighted by atomic mass is 10.1. The second-order valence-electron chi connectivity index (χ2n) is 5.87. The summed E-state index contributed by atoms with van der Waals surface area (Å²) in [6.45, 7) is 11.6. The van der Waals surface area contributed by atoms with E-state index in [1.165, 1.54) is 0 Å². The van der Waals surface area contributed by atoms with E-state index in [-0.39, 0.29) is 11.4 Å². The first-order chi connectivity index (χ1) is 8.60. The molecular weight excluding hydrogens is 306 g/mol. The highest BCUT2D eigenvalue weighted by Gasteiger charge is 2.20. The van der Waals surface area contributed by atoms with Crippen LogP contribution in [0.25, 0.3) is 0 Å². The number of hydrogen-bond donors (Lipinski definition) is 1. The Morgan fingerprint density at radius 1 is 1.26 bits per heavy atom. The van der Waals surface area contributed by atoms with E-state index in [0.717, 1.165) is 21.3 Å². The number of rotatable bonds is 3. The molecule has 0 aliphatic rings. The van der Waals surface area contributed by atoms with Crippen molar-refractivity contribution in [1.29, 1.82) is 0 Å². The number of benzene rings is 1. The molecule has 0 aromatic heterocycles. The fourth-order valence-corrected chi connectivity index (χ4v) is 1.93. The number of carbonyl (C=O) groups excluding carboxylic acids is 1. The average molecular weight is 328 g/mol. The Labute approximate surface area is 123 Å². The summed E-state index contributed by atoms with van der Waals surface area (Å²) in [6, 6.07) is 3.86. The molecule has 0 aliphatic carbocycles. The topological polar surface area (TPSA) is 38.3 Å². The minimum atomic E-state index is -0.515. The Balaban J connectivity index is 2.77. The van der Waals surface area contributed by atoms with Crippen molar-refractivity contribution in [2.24, 2.45) is 0 Å². The van der Waals surface area contributed by atoms with E-state index in [1.807, 2.05) is 46.8 Å². The van der Waals surface area contributed by atoms with Crippen molar-refractivity contribution >= 4 is 21.8 Å². The molecular formula is C15H22BrNO2. The zero-order valence-corrected chi connectivity index (χ0v) is 14.0. The molecule has 0 heterocycles. The third kappa shape index (κ3) is 4.86. The van der Waals surface area contributed by atoms with Crippen molar-refractivity contribution in [3.63, 3.8) is 0 Å². The van der Waals surface area contributed by atoms with Crippen molar-refractivity contribution in [1.82, 2.24) is 5.32 Å². The molecule has 1 unspecified atom stereocenters. The Kier molecular flexibility index (Phi) is 5.02. The molecule has 1 atom stereocenters. The molecule has 0 saturated heterocycles. The Hall–Kier alpha value is -1.03. The second kappa shape index (κ2) is 5.95. The predicted octanol–water partition coefficient (Wildman–Crippen LogP) is 3.75. The zero-order valence-electron chi connectivity index (χ0n) is 12.4. The molecule has 1 rings (SSSR count). The first kappa shape index (κ1) is 16.0. The van der Waals surface area contributed by atoms with Gasteiger partial charge in [0.2, 0.25) is 0 Å². The third-order valence-electron chi connectivity index (χ3n) is 2.59. The standard InChI is InChI=1S/C15H22BrNO2/c1-9-7-12(8-10(2)13(9)16)19-11(3)14(18)17-15(4,5)6/h7-8,11H,1-6H3,(H,17,18). The molecule has 0 radical (unpaired) electrons. The number of ether oxygens (including phenoxy) is 1. The van der Waals surface area contributed by atoms with Gasteiger partial charge in [-0.05, 0) is 64.8 Å². The Morgan fingerprint density at radius 2 is 1.74 bits per heavy atom. The molecule has 1 aromatic rings. The fraction of sp³-hybridized carbons (Fsp3) is 0.533. The van der Waals surface area contributed by atoms with E-state index in [4.69, 9.17) is 4.74 Å². The van der Waals surface area contributed by atoms with E-state index in [1.54, 1.807) is 6.92 Å². The third-order valence-corrected chi connectivity index (χ3v) is 3.84. The van der Waals surface area contributed by atoms with Crippen LogP contribution >= 0.6 is 15.9 Å². The molecule has 19 heavy (non-hydrogen) atoms. The van der Waals surface area contributed by atoms with Gasteiger partial charge < -0.3 is 10.1 Å². The summed E-state index contributed by atoms with van der Waals surface area (Å²) >= 11 is 3.51. The van der Waals surface area contributed by atoms with Crippen LogP contribution in [-0.4, -0.2) is 17.6 Å². The van der Waals surface area contributed by atoms with Crippen LogP contribution in [0, 0.1) is 13.8 Å². The van der Waals surface area contributed by atoms with Crippen molar-refractivity contribution in [2.75, 3.05) is 0 Å². The highest BCUT2D eigenvalue weighted by molar-refractivity contribution is 9.10. The number of aryl methyl sites for hydroxylation is 2. The number of carbonyl (C=O) groups is 1. The molecule has 0 spiro atoms. The quantitative estimate of drug-likeness (QED) is 0.918. The van der Waals surface area contributed by atoms with Gasteiger partial charge in [-0.1, -0.05) is 15.9 Å². The van der Waals surface area contributed by atoms with Gasteiger partial charge in [-0.2, -0.15) is 0 Å². The molecule has 3 nitrogen and oxygen atoms in total. The Bertz CT molecular complexity index is 455. The predicted molar refractivity (Wildman–Crippen MR) is 81.6 cm³/mol. The highest BCUT2D eigenvalue weighted by Crippen LogP contribution is 2.26. The lowest BCUT2D eigenvalue weighted by molar-refractivity contribution is -0.128. The monoisotopic (exact) mass is 327 g/mol. The number of nitrogens with one attached hydrogen (secondary N) is 1. The van der Waals surface area contributed by atoms with Crippen LogP contribution in [0.5, 0.6) is 5.75 Å². The lowest BCUT2D eigenvalue weighted by Gasteiger charge is -2.24. The van der Waals surface area contributed by atoms with Gasteiger partial charge in [0.25, 0.3) is 5.91 Å². The first-order valence-corrected chi connectivity index (χ1v) is 7.15. The maximum absolute atomic E-state index is 12.0. The Morgan fingerprint density at radius 3 is 2.16 bits per heavy atom. The number of hydrogen-bond acceptors (Lipinski definition) is 2. The maximum Gasteiger partial charge on any atom is 0.261 e. The van der Waals surface area contributed by atoms with Crippen LogP contribution in [0.3, 0.4) is 0 Å². The maximum atomic E-state index is 12.0. The van der Waals surface area contributed by atoms with Gasteiger partial charge in [0.15, 0.2) is 6.10 Å². The molecule has 0 bridgehead atoms. The number of amides is 1. The summed E-state index contributed by atoms with van der Waals surface area (Å²) in [7, 11) is 0. The van der Waals surface area contributed by atoms with Crippen molar-refractivity contribution in [2.45, 2.75) is 53.2 Å². The van der Waals surface area contributed by atoms with Gasteiger partial charge in [-0.25, -0.2) is 0 Å². The molecule has 4 heteroatoms. The lowest BCUT2D eigenvalue weighted by Crippen LogP contribution is -2.46. The summed E-state index contributed by atoms with van der Waals surface area (Å²) in [5.74, 6) is 0.612. The zero-order chi connectivity index (χ0) is 14.8.